The monoisotopic (exact) mass is 429 g/mol. The second-order valence-corrected chi connectivity index (χ2v) is 8.11. The predicted molar refractivity (Wildman–Crippen MR) is 119 cm³/mol. The van der Waals surface area contributed by atoms with Crippen LogP contribution in [-0.2, 0) is 14.4 Å². The van der Waals surface area contributed by atoms with Gasteiger partial charge >= 0.3 is 11.8 Å². The van der Waals surface area contributed by atoms with Gasteiger partial charge in [0.05, 0.1) is 6.04 Å². The predicted octanol–water partition coefficient (Wildman–Crippen LogP) is 1.75. The first-order chi connectivity index (χ1) is 14.4. The summed E-state index contributed by atoms with van der Waals surface area (Å²) in [7, 11) is 2.10. The Kier molecular flexibility index (Phi) is 7.56. The highest BCUT2D eigenvalue weighted by atomic mass is 32.1. The summed E-state index contributed by atoms with van der Waals surface area (Å²) in [6.45, 7) is 5.58. The number of piperazine rings is 1. The van der Waals surface area contributed by atoms with Crippen LogP contribution in [0.4, 0.5) is 11.4 Å². The highest BCUT2D eigenvalue weighted by Gasteiger charge is 2.25. The Morgan fingerprint density at radius 2 is 1.60 bits per heavy atom. The quantitative estimate of drug-likeness (QED) is 0.609. The number of amides is 3. The lowest BCUT2D eigenvalue weighted by atomic mass is 10.1. The summed E-state index contributed by atoms with van der Waals surface area (Å²) >= 11 is 1.62. The Morgan fingerprint density at radius 1 is 0.967 bits per heavy atom. The first-order valence-electron chi connectivity index (χ1n) is 9.84. The van der Waals surface area contributed by atoms with Crippen LogP contribution in [0.15, 0.2) is 41.1 Å². The smallest absolute Gasteiger partial charge is 0.313 e. The molecule has 1 aliphatic heterocycles. The highest BCUT2D eigenvalue weighted by Crippen LogP contribution is 2.23. The van der Waals surface area contributed by atoms with Crippen molar-refractivity contribution >= 4 is 40.4 Å². The minimum absolute atomic E-state index is 0.0404. The summed E-state index contributed by atoms with van der Waals surface area (Å²) in [4.78, 5) is 40.3. The van der Waals surface area contributed by atoms with E-state index < -0.39 is 11.8 Å². The number of carbonyl (C=O) groups excluding carboxylic acids is 3. The summed E-state index contributed by atoms with van der Waals surface area (Å²) < 4.78 is 0. The molecule has 0 aliphatic carbocycles. The molecule has 1 aliphatic rings. The van der Waals surface area contributed by atoms with Crippen molar-refractivity contribution in [2.45, 2.75) is 13.0 Å². The van der Waals surface area contributed by atoms with Gasteiger partial charge in [0.15, 0.2) is 0 Å². The third-order valence-corrected chi connectivity index (χ3v) is 5.73. The molecule has 0 bridgehead atoms. The molecule has 8 nitrogen and oxygen atoms in total. The summed E-state index contributed by atoms with van der Waals surface area (Å²) in [5.74, 6) is -1.56. The van der Waals surface area contributed by atoms with Gasteiger partial charge in [-0.3, -0.25) is 19.3 Å². The van der Waals surface area contributed by atoms with E-state index in [0.717, 1.165) is 31.7 Å². The van der Waals surface area contributed by atoms with Gasteiger partial charge in [-0.05, 0) is 53.7 Å². The van der Waals surface area contributed by atoms with Gasteiger partial charge in [0.2, 0.25) is 5.91 Å². The molecule has 1 atom stereocenters. The van der Waals surface area contributed by atoms with E-state index in [1.54, 1.807) is 35.6 Å². The maximum absolute atomic E-state index is 12.4. The van der Waals surface area contributed by atoms with Gasteiger partial charge in [-0.1, -0.05) is 0 Å². The number of nitrogens with one attached hydrogen (secondary N) is 3. The Hall–Kier alpha value is -2.75. The fourth-order valence-corrected chi connectivity index (χ4v) is 4.06. The number of thiophene rings is 1. The lowest BCUT2D eigenvalue weighted by Gasteiger charge is -2.37. The molecule has 1 fully saturated rings. The Morgan fingerprint density at radius 3 is 2.17 bits per heavy atom. The molecule has 1 aromatic carbocycles. The zero-order valence-electron chi connectivity index (χ0n) is 17.2. The summed E-state index contributed by atoms with van der Waals surface area (Å²) in [6, 6.07) is 8.70. The molecule has 1 aromatic heterocycles. The Labute approximate surface area is 180 Å². The maximum Gasteiger partial charge on any atom is 0.313 e. The second-order valence-electron chi connectivity index (χ2n) is 7.33. The molecule has 3 rings (SSSR count). The van der Waals surface area contributed by atoms with Crippen molar-refractivity contribution < 1.29 is 14.4 Å². The third kappa shape index (κ3) is 6.12. The maximum atomic E-state index is 12.4. The van der Waals surface area contributed by atoms with E-state index in [9.17, 15) is 14.4 Å². The average Bonchev–Trinajstić information content (AvgIpc) is 3.25. The van der Waals surface area contributed by atoms with E-state index in [1.807, 2.05) is 5.38 Å². The summed E-state index contributed by atoms with van der Waals surface area (Å²) in [5.41, 5.74) is 2.26. The molecule has 3 N–H and O–H groups in total. The van der Waals surface area contributed by atoms with Gasteiger partial charge in [-0.25, -0.2) is 0 Å². The van der Waals surface area contributed by atoms with Crippen LogP contribution in [0.2, 0.25) is 0 Å². The van der Waals surface area contributed by atoms with Gasteiger partial charge in [0, 0.05) is 51.0 Å². The van der Waals surface area contributed by atoms with Crippen LogP contribution in [0.1, 0.15) is 18.5 Å². The van der Waals surface area contributed by atoms with E-state index in [1.165, 1.54) is 6.92 Å². The molecule has 0 saturated carbocycles. The van der Waals surface area contributed by atoms with Gasteiger partial charge in [0.1, 0.15) is 0 Å². The van der Waals surface area contributed by atoms with Crippen molar-refractivity contribution in [3.05, 3.63) is 46.7 Å². The van der Waals surface area contributed by atoms with Crippen LogP contribution in [0, 0.1) is 0 Å². The van der Waals surface area contributed by atoms with Crippen molar-refractivity contribution in [3.8, 4) is 0 Å². The van der Waals surface area contributed by atoms with E-state index >= 15 is 0 Å². The van der Waals surface area contributed by atoms with Crippen molar-refractivity contribution in [1.29, 1.82) is 0 Å². The van der Waals surface area contributed by atoms with Crippen molar-refractivity contribution in [3.63, 3.8) is 0 Å². The van der Waals surface area contributed by atoms with Crippen LogP contribution in [-0.4, -0.2) is 67.3 Å². The summed E-state index contributed by atoms with van der Waals surface area (Å²) in [6.07, 6.45) is 0. The molecule has 9 heteroatoms. The number of nitrogens with zero attached hydrogens (tertiary/aromatic N) is 2. The molecule has 160 valence electrons. The number of carbonyl (C=O) groups is 3. The van der Waals surface area contributed by atoms with Gasteiger partial charge in [-0.15, -0.1) is 0 Å². The number of rotatable bonds is 6. The number of hydrogen-bond donors (Lipinski definition) is 3. The molecule has 2 aromatic rings. The lowest BCUT2D eigenvalue weighted by molar-refractivity contribution is -0.136. The fourth-order valence-electron chi connectivity index (χ4n) is 3.35. The zero-order valence-corrected chi connectivity index (χ0v) is 18.0. The van der Waals surface area contributed by atoms with E-state index in [0.29, 0.717) is 17.9 Å². The first kappa shape index (κ1) is 21.9. The number of benzene rings is 1. The largest absolute Gasteiger partial charge is 0.346 e. The molecule has 2 heterocycles. The molecule has 0 unspecified atom stereocenters. The molecule has 1 saturated heterocycles. The minimum Gasteiger partial charge on any atom is -0.346 e. The van der Waals surface area contributed by atoms with Crippen molar-refractivity contribution in [2.75, 3.05) is 50.4 Å². The van der Waals surface area contributed by atoms with Crippen LogP contribution in [0.5, 0.6) is 0 Å². The van der Waals surface area contributed by atoms with E-state index in [2.05, 4.69) is 44.2 Å². The van der Waals surface area contributed by atoms with Gasteiger partial charge in [0.25, 0.3) is 0 Å². The SMILES string of the molecule is CC(=O)Nc1ccc(NC(=O)C(=O)NC[C@@H](c2ccsc2)N2CCN(C)CC2)cc1. The Bertz CT molecular complexity index is 861. The average molecular weight is 430 g/mol. The van der Waals surface area contributed by atoms with E-state index in [-0.39, 0.29) is 11.9 Å². The van der Waals surface area contributed by atoms with Gasteiger partial charge in [-0.2, -0.15) is 11.3 Å². The second kappa shape index (κ2) is 10.3. The highest BCUT2D eigenvalue weighted by molar-refractivity contribution is 7.08. The van der Waals surface area contributed by atoms with E-state index in [4.69, 9.17) is 0 Å². The molecular weight excluding hydrogens is 402 g/mol. The number of likely N-dealkylation sites (N-methyl/N-ethyl adjacent to an activating group) is 1. The molecule has 0 spiro atoms. The molecule has 0 radical (unpaired) electrons. The minimum atomic E-state index is -0.718. The van der Waals surface area contributed by atoms with Gasteiger partial charge < -0.3 is 20.9 Å². The molecular formula is C21H27N5O3S. The fraction of sp³-hybridized carbons (Fsp3) is 0.381. The standard InChI is InChI=1S/C21H27N5O3S/c1-15(27)23-17-3-5-18(6-4-17)24-21(29)20(28)22-13-19(16-7-12-30-14-16)26-10-8-25(2)9-11-26/h3-7,12,14,19H,8-11,13H2,1-2H3,(H,22,28)(H,23,27)(H,24,29)/t19-/m0/s1. The topological polar surface area (TPSA) is 93.8 Å². The first-order valence-corrected chi connectivity index (χ1v) is 10.8. The molecule has 3 amide bonds. The number of anilines is 2. The number of hydrogen-bond acceptors (Lipinski definition) is 6. The lowest BCUT2D eigenvalue weighted by Crippen LogP contribution is -2.49. The van der Waals surface area contributed by atoms with Crippen LogP contribution in [0.25, 0.3) is 0 Å². The van der Waals surface area contributed by atoms with Crippen molar-refractivity contribution in [2.24, 2.45) is 0 Å². The van der Waals surface area contributed by atoms with Crippen LogP contribution >= 0.6 is 11.3 Å². The van der Waals surface area contributed by atoms with Crippen LogP contribution < -0.4 is 16.0 Å². The third-order valence-electron chi connectivity index (χ3n) is 5.03. The Balaban J connectivity index is 1.55. The zero-order chi connectivity index (χ0) is 21.5. The van der Waals surface area contributed by atoms with Crippen LogP contribution in [0.3, 0.4) is 0 Å². The normalized spacial score (nSPS) is 15.9. The molecule has 30 heavy (non-hydrogen) atoms. The van der Waals surface area contributed by atoms with Crippen molar-refractivity contribution in [1.82, 2.24) is 15.1 Å². The summed E-state index contributed by atoms with van der Waals surface area (Å²) in [5, 5.41) is 12.1.